The summed E-state index contributed by atoms with van der Waals surface area (Å²) in [6.07, 6.45) is 2.68. The highest BCUT2D eigenvalue weighted by molar-refractivity contribution is 7.20. The molecule has 0 saturated carbocycles. The summed E-state index contributed by atoms with van der Waals surface area (Å²) in [5, 5.41) is 11.5. The number of anilines is 1. The van der Waals surface area contributed by atoms with E-state index in [9.17, 15) is 9.90 Å². The molecule has 1 aliphatic rings. The van der Waals surface area contributed by atoms with Crippen molar-refractivity contribution in [3.8, 4) is 5.75 Å². The number of rotatable bonds is 1. The lowest BCUT2D eigenvalue weighted by Crippen LogP contribution is -2.36. The lowest BCUT2D eigenvalue weighted by molar-refractivity contribution is 0.0987. The van der Waals surface area contributed by atoms with Gasteiger partial charge in [-0.25, -0.2) is 4.98 Å². The fraction of sp³-hybridized carbons (Fsp3) is 0.300. The lowest BCUT2D eigenvalue weighted by Gasteiger charge is -2.33. The largest absolute Gasteiger partial charge is 0.506 e. The number of nitrogens with zero attached hydrogens (tertiary/aromatic N) is 2. The maximum Gasteiger partial charge on any atom is 0.268 e. The van der Waals surface area contributed by atoms with Crippen LogP contribution in [0.2, 0.25) is 0 Å². The highest BCUT2D eigenvalue weighted by Gasteiger charge is 2.31. The molecule has 0 spiro atoms. The second-order valence-electron chi connectivity index (χ2n) is 6.73. The maximum absolute atomic E-state index is 13.3. The van der Waals surface area contributed by atoms with Gasteiger partial charge in [-0.1, -0.05) is 19.1 Å². The molecule has 0 fully saturated rings. The molecule has 3 aromatic rings. The molecule has 1 unspecified atom stereocenters. The fourth-order valence-electron chi connectivity index (χ4n) is 3.71. The molecule has 2 aromatic heterocycles. The summed E-state index contributed by atoms with van der Waals surface area (Å²) >= 11 is 1.44. The van der Waals surface area contributed by atoms with Gasteiger partial charge in [0.1, 0.15) is 10.6 Å². The molecule has 4 rings (SSSR count). The molecule has 0 radical (unpaired) electrons. The van der Waals surface area contributed by atoms with Crippen molar-refractivity contribution in [3.63, 3.8) is 0 Å². The van der Waals surface area contributed by atoms with Gasteiger partial charge in [0, 0.05) is 18.1 Å². The summed E-state index contributed by atoms with van der Waals surface area (Å²) in [5.41, 5.74) is 3.81. The second-order valence-corrected chi connectivity index (χ2v) is 7.72. The number of fused-ring (bicyclic) bond motifs is 2. The van der Waals surface area contributed by atoms with Crippen LogP contribution in [0.1, 0.15) is 45.6 Å². The Balaban J connectivity index is 1.85. The van der Waals surface area contributed by atoms with Crippen LogP contribution in [0.5, 0.6) is 5.75 Å². The smallest absolute Gasteiger partial charge is 0.268 e. The van der Waals surface area contributed by atoms with Gasteiger partial charge in [-0.2, -0.15) is 0 Å². The standard InChI is InChI=1S/C20H20N2O2S/c1-11-8-10-22(17-14(11)5-4-6-15(17)23)20(24)18-13(3)16-12(2)7-9-21-19(16)25-18/h4-7,9,11,23H,8,10H2,1-3H3. The number of phenols is 1. The Morgan fingerprint density at radius 1 is 1.32 bits per heavy atom. The second kappa shape index (κ2) is 5.85. The molecule has 0 saturated heterocycles. The Morgan fingerprint density at radius 2 is 2.12 bits per heavy atom. The first-order valence-electron chi connectivity index (χ1n) is 8.47. The molecular formula is C20H20N2O2S. The van der Waals surface area contributed by atoms with Crippen molar-refractivity contribution in [1.82, 2.24) is 4.98 Å². The summed E-state index contributed by atoms with van der Waals surface area (Å²) in [5.74, 6) is 0.457. The van der Waals surface area contributed by atoms with Crippen LogP contribution in [0.15, 0.2) is 30.5 Å². The van der Waals surface area contributed by atoms with Crippen molar-refractivity contribution in [2.75, 3.05) is 11.4 Å². The molecule has 5 heteroatoms. The van der Waals surface area contributed by atoms with Crippen LogP contribution in [-0.4, -0.2) is 22.5 Å². The summed E-state index contributed by atoms with van der Waals surface area (Å²) in [6.45, 7) is 6.78. The first kappa shape index (κ1) is 16.1. The van der Waals surface area contributed by atoms with E-state index in [1.807, 2.05) is 32.0 Å². The quantitative estimate of drug-likeness (QED) is 0.686. The van der Waals surface area contributed by atoms with Crippen LogP contribution in [0, 0.1) is 13.8 Å². The predicted octanol–water partition coefficient (Wildman–Crippen LogP) is 4.77. The molecule has 0 aliphatic carbocycles. The molecule has 1 atom stereocenters. The molecule has 25 heavy (non-hydrogen) atoms. The molecule has 0 bridgehead atoms. The number of carbonyl (C=O) groups is 1. The Kier molecular flexibility index (Phi) is 3.76. The zero-order chi connectivity index (χ0) is 17.7. The van der Waals surface area contributed by atoms with E-state index in [-0.39, 0.29) is 11.7 Å². The van der Waals surface area contributed by atoms with Crippen LogP contribution >= 0.6 is 11.3 Å². The number of aryl methyl sites for hydroxylation is 2. The third kappa shape index (κ3) is 2.42. The minimum atomic E-state index is -0.0467. The highest BCUT2D eigenvalue weighted by Crippen LogP contribution is 2.42. The normalized spacial score (nSPS) is 16.9. The topological polar surface area (TPSA) is 53.4 Å². The number of aromatic nitrogens is 1. The number of para-hydroxylation sites is 1. The van der Waals surface area contributed by atoms with E-state index in [1.165, 1.54) is 11.3 Å². The average Bonchev–Trinajstić information content (AvgIpc) is 2.93. The number of pyridine rings is 1. The van der Waals surface area contributed by atoms with Crippen molar-refractivity contribution in [2.24, 2.45) is 0 Å². The van der Waals surface area contributed by atoms with Gasteiger partial charge in [-0.15, -0.1) is 11.3 Å². The van der Waals surface area contributed by atoms with Gasteiger partial charge in [0.2, 0.25) is 0 Å². The molecule has 1 N–H and O–H groups in total. The zero-order valence-electron chi connectivity index (χ0n) is 14.5. The number of phenolic OH excluding ortho intramolecular Hbond substituents is 1. The van der Waals surface area contributed by atoms with E-state index < -0.39 is 0 Å². The molecule has 3 heterocycles. The van der Waals surface area contributed by atoms with Gasteiger partial charge in [0.25, 0.3) is 5.91 Å². The lowest BCUT2D eigenvalue weighted by atomic mass is 9.91. The van der Waals surface area contributed by atoms with Crippen molar-refractivity contribution in [1.29, 1.82) is 0 Å². The van der Waals surface area contributed by atoms with Crippen molar-refractivity contribution in [3.05, 3.63) is 52.0 Å². The first-order valence-corrected chi connectivity index (χ1v) is 9.29. The Labute approximate surface area is 150 Å². The van der Waals surface area contributed by atoms with Gasteiger partial charge in [0.15, 0.2) is 0 Å². The molecular weight excluding hydrogens is 332 g/mol. The van der Waals surface area contributed by atoms with E-state index in [4.69, 9.17) is 0 Å². The minimum Gasteiger partial charge on any atom is -0.506 e. The summed E-state index contributed by atoms with van der Waals surface area (Å²) in [7, 11) is 0. The molecule has 1 aromatic carbocycles. The van der Waals surface area contributed by atoms with E-state index in [2.05, 4.69) is 11.9 Å². The minimum absolute atomic E-state index is 0.0467. The third-order valence-corrected chi connectivity index (χ3v) is 6.30. The maximum atomic E-state index is 13.3. The highest BCUT2D eigenvalue weighted by atomic mass is 32.1. The number of amides is 1. The van der Waals surface area contributed by atoms with E-state index in [1.54, 1.807) is 17.2 Å². The Morgan fingerprint density at radius 3 is 2.88 bits per heavy atom. The third-order valence-electron chi connectivity index (χ3n) is 5.11. The van der Waals surface area contributed by atoms with Gasteiger partial charge >= 0.3 is 0 Å². The molecule has 1 amide bonds. The molecule has 4 nitrogen and oxygen atoms in total. The van der Waals surface area contributed by atoms with E-state index >= 15 is 0 Å². The van der Waals surface area contributed by atoms with Crippen LogP contribution in [-0.2, 0) is 0 Å². The van der Waals surface area contributed by atoms with Crippen LogP contribution in [0.4, 0.5) is 5.69 Å². The predicted molar refractivity (Wildman–Crippen MR) is 102 cm³/mol. The summed E-state index contributed by atoms with van der Waals surface area (Å²) in [6, 6.07) is 7.47. The van der Waals surface area contributed by atoms with Gasteiger partial charge in [-0.05, 0) is 55.0 Å². The van der Waals surface area contributed by atoms with E-state index in [0.29, 0.717) is 23.0 Å². The number of benzene rings is 1. The summed E-state index contributed by atoms with van der Waals surface area (Å²) in [4.78, 5) is 21.1. The van der Waals surface area contributed by atoms with E-state index in [0.717, 1.165) is 33.3 Å². The number of thiophene rings is 1. The van der Waals surface area contributed by atoms with Gasteiger partial charge in [-0.3, -0.25) is 4.79 Å². The number of hydrogen-bond acceptors (Lipinski definition) is 4. The van der Waals surface area contributed by atoms with Gasteiger partial charge < -0.3 is 10.0 Å². The van der Waals surface area contributed by atoms with Crippen molar-refractivity contribution < 1.29 is 9.90 Å². The Hall–Kier alpha value is -2.40. The fourth-order valence-corrected chi connectivity index (χ4v) is 4.89. The van der Waals surface area contributed by atoms with Crippen LogP contribution in [0.25, 0.3) is 10.2 Å². The van der Waals surface area contributed by atoms with Crippen LogP contribution < -0.4 is 4.90 Å². The first-order chi connectivity index (χ1) is 12.0. The SMILES string of the molecule is Cc1ccnc2sc(C(=O)N3CCC(C)c4cccc(O)c43)c(C)c12. The van der Waals surface area contributed by atoms with Crippen molar-refractivity contribution in [2.45, 2.75) is 33.1 Å². The average molecular weight is 352 g/mol. The number of aromatic hydroxyl groups is 1. The number of carbonyl (C=O) groups excluding carboxylic acids is 1. The van der Waals surface area contributed by atoms with Crippen LogP contribution in [0.3, 0.4) is 0 Å². The number of hydrogen-bond donors (Lipinski definition) is 1. The van der Waals surface area contributed by atoms with Gasteiger partial charge in [0.05, 0.1) is 10.6 Å². The molecule has 128 valence electrons. The molecule has 1 aliphatic heterocycles. The van der Waals surface area contributed by atoms with Crippen molar-refractivity contribution >= 4 is 33.1 Å². The zero-order valence-corrected chi connectivity index (χ0v) is 15.4. The Bertz CT molecular complexity index is 993. The summed E-state index contributed by atoms with van der Waals surface area (Å²) < 4.78 is 0. The monoisotopic (exact) mass is 352 g/mol.